The van der Waals surface area contributed by atoms with Crippen LogP contribution >= 0.6 is 0 Å². The van der Waals surface area contributed by atoms with Crippen LogP contribution in [0.5, 0.6) is 11.5 Å². The summed E-state index contributed by atoms with van der Waals surface area (Å²) < 4.78 is 18.3. The van der Waals surface area contributed by atoms with E-state index in [1.807, 2.05) is 12.1 Å². The molecule has 7 rings (SSSR count). The van der Waals surface area contributed by atoms with Gasteiger partial charge in [0.05, 0.1) is 18.4 Å². The Morgan fingerprint density at radius 3 is 2.86 bits per heavy atom. The minimum Gasteiger partial charge on any atom is -0.493 e. The number of piperidine rings is 1. The molecule has 2 heterocycles. The summed E-state index contributed by atoms with van der Waals surface area (Å²) in [6.07, 6.45) is 6.35. The fourth-order valence-corrected chi connectivity index (χ4v) is 7.49. The first-order chi connectivity index (χ1) is 13.4. The zero-order valence-corrected chi connectivity index (χ0v) is 16.4. The van der Waals surface area contributed by atoms with Gasteiger partial charge >= 0.3 is 5.97 Å². The summed E-state index contributed by atoms with van der Waals surface area (Å²) in [4.78, 5) is 14.8. The van der Waals surface area contributed by atoms with Crippen molar-refractivity contribution >= 4 is 5.97 Å². The Morgan fingerprint density at radius 2 is 2.14 bits per heavy atom. The number of nitrogens with zero attached hydrogens (tertiary/aromatic N) is 1. The summed E-state index contributed by atoms with van der Waals surface area (Å²) in [7, 11) is 5.45. The molecule has 0 radical (unpaired) electrons. The zero-order chi connectivity index (χ0) is 19.5. The van der Waals surface area contributed by atoms with Crippen molar-refractivity contribution in [2.75, 3.05) is 27.8 Å². The molecule has 148 valence electrons. The quantitative estimate of drug-likeness (QED) is 0.806. The standard InChI is InChI=1S/C22H25NO5/c1-23-9-8-21-16-12-4-5-14(26-2)17(16)28-19(21)22(27-3)7-6-20(21,15(23)10-12)11-13(22)18(24)25/h4-7,13,15,19H,8-11H2,1-3H3,(H,24,25)/t13-,15+,19+,20+,21+,22+/m1/s1. The van der Waals surface area contributed by atoms with E-state index in [-0.39, 0.29) is 23.0 Å². The van der Waals surface area contributed by atoms with Gasteiger partial charge in [0, 0.05) is 24.1 Å². The SMILES string of the molecule is COc1ccc2c3c1O[C@@H]1[C@]4(OC)C=C[C@]5(C[C@@H]4C(=O)O)[C@H](C2)N(C)CC[C@]315. The molecular weight excluding hydrogens is 358 g/mol. The molecule has 6 atom stereocenters. The third-order valence-corrected chi connectivity index (χ3v) is 8.58. The minimum atomic E-state index is -0.966. The van der Waals surface area contributed by atoms with Gasteiger partial charge in [0.2, 0.25) is 0 Å². The number of hydrogen-bond acceptors (Lipinski definition) is 5. The van der Waals surface area contributed by atoms with Crippen LogP contribution in [-0.4, -0.2) is 61.5 Å². The van der Waals surface area contributed by atoms with E-state index >= 15 is 0 Å². The van der Waals surface area contributed by atoms with E-state index in [9.17, 15) is 9.90 Å². The highest BCUT2D eigenvalue weighted by Gasteiger charge is 2.79. The van der Waals surface area contributed by atoms with Gasteiger partial charge in [-0.1, -0.05) is 18.2 Å². The molecule has 2 aliphatic heterocycles. The van der Waals surface area contributed by atoms with Crippen LogP contribution in [-0.2, 0) is 21.4 Å². The van der Waals surface area contributed by atoms with Crippen molar-refractivity contribution in [3.05, 3.63) is 35.4 Å². The third-order valence-electron chi connectivity index (χ3n) is 8.58. The maximum Gasteiger partial charge on any atom is 0.309 e. The van der Waals surface area contributed by atoms with E-state index in [1.165, 1.54) is 11.1 Å². The van der Waals surface area contributed by atoms with Gasteiger partial charge in [-0.25, -0.2) is 0 Å². The summed E-state index contributed by atoms with van der Waals surface area (Å²) >= 11 is 0. The van der Waals surface area contributed by atoms with Crippen molar-refractivity contribution in [1.29, 1.82) is 0 Å². The van der Waals surface area contributed by atoms with Crippen LogP contribution in [0.2, 0.25) is 0 Å². The third kappa shape index (κ3) is 1.46. The van der Waals surface area contributed by atoms with Crippen LogP contribution in [0.15, 0.2) is 24.3 Å². The summed E-state index contributed by atoms with van der Waals surface area (Å²) in [5.74, 6) is 0.0936. The van der Waals surface area contributed by atoms with Crippen LogP contribution < -0.4 is 9.47 Å². The highest BCUT2D eigenvalue weighted by molar-refractivity contribution is 5.76. The molecule has 0 unspecified atom stereocenters. The second-order valence-electron chi connectivity index (χ2n) is 9.08. The van der Waals surface area contributed by atoms with Gasteiger partial charge in [-0.15, -0.1) is 0 Å². The number of carboxylic acids is 1. The molecule has 6 aliphatic rings. The van der Waals surface area contributed by atoms with Crippen LogP contribution in [0.1, 0.15) is 24.0 Å². The molecule has 0 aromatic heterocycles. The predicted octanol–water partition coefficient (Wildman–Crippen LogP) is 2.00. The summed E-state index contributed by atoms with van der Waals surface area (Å²) in [5.41, 5.74) is 1.05. The maximum atomic E-state index is 12.4. The lowest BCUT2D eigenvalue weighted by Crippen LogP contribution is -2.79. The number of likely N-dealkylation sites (N-methyl/N-ethyl adjacent to an activating group) is 1. The van der Waals surface area contributed by atoms with Crippen molar-refractivity contribution in [1.82, 2.24) is 4.90 Å². The second-order valence-corrected chi connectivity index (χ2v) is 9.08. The van der Waals surface area contributed by atoms with E-state index in [2.05, 4.69) is 24.1 Å². The maximum absolute atomic E-state index is 12.4. The van der Waals surface area contributed by atoms with Crippen LogP contribution in [0, 0.1) is 11.3 Å². The number of likely N-dealkylation sites (tertiary alicyclic amines) is 1. The Morgan fingerprint density at radius 1 is 1.32 bits per heavy atom. The number of carboxylic acid groups (broad SMARTS) is 1. The molecule has 6 heteroatoms. The Labute approximate surface area is 164 Å². The molecule has 1 saturated carbocycles. The number of ether oxygens (including phenoxy) is 3. The molecular formula is C22H25NO5. The minimum absolute atomic E-state index is 0.257. The van der Waals surface area contributed by atoms with Crippen molar-refractivity contribution in [2.45, 2.75) is 42.4 Å². The van der Waals surface area contributed by atoms with E-state index in [1.54, 1.807) is 14.2 Å². The lowest BCUT2D eigenvalue weighted by Gasteiger charge is -2.70. The number of fused-ring (bicyclic) bond motifs is 1. The van der Waals surface area contributed by atoms with Crippen LogP contribution in [0.3, 0.4) is 0 Å². The average Bonchev–Trinajstić information content (AvgIpc) is 3.07. The lowest BCUT2D eigenvalue weighted by molar-refractivity contribution is -0.219. The largest absolute Gasteiger partial charge is 0.493 e. The summed E-state index contributed by atoms with van der Waals surface area (Å²) in [6.45, 7) is 0.966. The molecule has 1 aromatic carbocycles. The van der Waals surface area contributed by atoms with Crippen molar-refractivity contribution < 1.29 is 24.1 Å². The molecule has 2 spiro atoms. The Balaban J connectivity index is 1.72. The van der Waals surface area contributed by atoms with E-state index in [4.69, 9.17) is 14.2 Å². The molecule has 1 saturated heterocycles. The molecule has 1 aromatic rings. The second kappa shape index (κ2) is 4.92. The number of methoxy groups -OCH3 is 2. The van der Waals surface area contributed by atoms with Gasteiger partial charge < -0.3 is 24.2 Å². The lowest BCUT2D eigenvalue weighted by atomic mass is 9.37. The fourth-order valence-electron chi connectivity index (χ4n) is 7.49. The number of hydrogen-bond donors (Lipinski definition) is 1. The van der Waals surface area contributed by atoms with Crippen LogP contribution in [0.4, 0.5) is 0 Å². The Bertz CT molecular complexity index is 943. The van der Waals surface area contributed by atoms with Gasteiger partial charge in [-0.3, -0.25) is 4.79 Å². The van der Waals surface area contributed by atoms with E-state index in [0.29, 0.717) is 6.42 Å². The van der Waals surface area contributed by atoms with Gasteiger partial charge in [0.1, 0.15) is 11.7 Å². The summed E-state index contributed by atoms with van der Waals surface area (Å²) in [5, 5.41) is 10.1. The average molecular weight is 383 g/mol. The van der Waals surface area contributed by atoms with Gasteiger partial charge in [-0.05, 0) is 44.5 Å². The number of rotatable bonds is 3. The molecule has 4 bridgehead atoms. The molecule has 6 nitrogen and oxygen atoms in total. The van der Waals surface area contributed by atoms with E-state index < -0.39 is 17.5 Å². The van der Waals surface area contributed by atoms with Crippen molar-refractivity contribution in [3.8, 4) is 11.5 Å². The van der Waals surface area contributed by atoms with Crippen molar-refractivity contribution in [2.24, 2.45) is 11.3 Å². The molecule has 4 aliphatic carbocycles. The smallest absolute Gasteiger partial charge is 0.309 e. The first-order valence-electron chi connectivity index (χ1n) is 10.0. The number of benzene rings is 1. The Hall–Kier alpha value is -2.05. The molecule has 0 amide bonds. The van der Waals surface area contributed by atoms with E-state index in [0.717, 1.165) is 30.9 Å². The molecule has 28 heavy (non-hydrogen) atoms. The first-order valence-corrected chi connectivity index (χ1v) is 10.0. The fraction of sp³-hybridized carbons (Fsp3) is 0.591. The first kappa shape index (κ1) is 16.9. The molecule has 2 fully saturated rings. The highest BCUT2D eigenvalue weighted by Crippen LogP contribution is 2.74. The van der Waals surface area contributed by atoms with Gasteiger partial charge in [0.15, 0.2) is 11.5 Å². The highest BCUT2D eigenvalue weighted by atomic mass is 16.6. The Kier molecular flexibility index (Phi) is 2.96. The van der Waals surface area contributed by atoms with Crippen LogP contribution in [0.25, 0.3) is 0 Å². The zero-order valence-electron chi connectivity index (χ0n) is 16.4. The normalized spacial score (nSPS) is 44.2. The number of carbonyl (C=O) groups is 1. The summed E-state index contributed by atoms with van der Waals surface area (Å²) in [6, 6.07) is 4.41. The molecule has 1 N–H and O–H groups in total. The predicted molar refractivity (Wildman–Crippen MR) is 101 cm³/mol. The topological polar surface area (TPSA) is 68.2 Å². The van der Waals surface area contributed by atoms with Crippen molar-refractivity contribution in [3.63, 3.8) is 0 Å². The van der Waals surface area contributed by atoms with Gasteiger partial charge in [-0.2, -0.15) is 0 Å². The van der Waals surface area contributed by atoms with Gasteiger partial charge in [0.25, 0.3) is 0 Å². The number of aliphatic carboxylic acids is 1. The monoisotopic (exact) mass is 383 g/mol.